The van der Waals surface area contributed by atoms with E-state index in [-0.39, 0.29) is 23.3 Å². The number of halogens is 1. The predicted molar refractivity (Wildman–Crippen MR) is 168 cm³/mol. The molecule has 8 heteroatoms. The van der Waals surface area contributed by atoms with E-state index in [0.29, 0.717) is 44.0 Å². The highest BCUT2D eigenvalue weighted by Crippen LogP contribution is 2.36. The third-order valence-corrected chi connectivity index (χ3v) is 9.52. The molecular formula is C35H43FN4O3. The van der Waals surface area contributed by atoms with Crippen LogP contribution in [0.3, 0.4) is 0 Å². The summed E-state index contributed by atoms with van der Waals surface area (Å²) in [6.07, 6.45) is 11.7. The van der Waals surface area contributed by atoms with E-state index in [1.165, 1.54) is 24.5 Å². The summed E-state index contributed by atoms with van der Waals surface area (Å²) in [4.78, 5) is 32.3. The Morgan fingerprint density at radius 2 is 1.84 bits per heavy atom. The van der Waals surface area contributed by atoms with Crippen LogP contribution in [0.15, 0.2) is 60.3 Å². The second kappa shape index (κ2) is 12.9. The third kappa shape index (κ3) is 6.35. The standard InChI is InChI=1S/C35H43FN4O3/c1-23-10-13-27(21-31(23)39-17-3-4-18-39)38-34(41)29-8-6-19-40(35(42)32-24(2)7-5-9-30(32)36)33(29)25-11-14-26(15-12-25)37-28-16-20-43-22-28/h5,7,9-11,13-15,21,25,28-29,33,37H,3-4,6,8,12,16-20,22H2,1-2H3,(H,38,41)/t25-,28?,29?,33?/m1/s1. The first-order valence-corrected chi connectivity index (χ1v) is 15.8. The summed E-state index contributed by atoms with van der Waals surface area (Å²) in [5.74, 6) is -1.45. The van der Waals surface area contributed by atoms with E-state index in [0.717, 1.165) is 43.2 Å². The molecule has 0 saturated carbocycles. The van der Waals surface area contributed by atoms with Crippen LogP contribution < -0.4 is 15.5 Å². The minimum Gasteiger partial charge on any atom is -0.380 e. The topological polar surface area (TPSA) is 73.9 Å². The molecule has 4 atom stereocenters. The van der Waals surface area contributed by atoms with Gasteiger partial charge in [-0.15, -0.1) is 0 Å². The number of amides is 2. The van der Waals surface area contributed by atoms with Gasteiger partial charge in [-0.1, -0.05) is 30.4 Å². The molecule has 2 aromatic rings. The SMILES string of the molecule is Cc1ccc(NC(=O)C2CCCN(C(=O)c3c(C)cccc3F)C2[C@@H]2C=CC(NC3CCOC3)=CC2)cc1N1CCCC1. The number of piperidine rings is 1. The quantitative estimate of drug-likeness (QED) is 0.433. The largest absolute Gasteiger partial charge is 0.380 e. The molecule has 43 heavy (non-hydrogen) atoms. The van der Waals surface area contributed by atoms with Gasteiger partial charge in [0.2, 0.25) is 5.91 Å². The van der Waals surface area contributed by atoms with Gasteiger partial charge in [-0.2, -0.15) is 0 Å². The average molecular weight is 587 g/mol. The second-order valence-electron chi connectivity index (χ2n) is 12.5. The smallest absolute Gasteiger partial charge is 0.257 e. The van der Waals surface area contributed by atoms with Gasteiger partial charge in [-0.05, 0) is 87.8 Å². The van der Waals surface area contributed by atoms with E-state index in [1.54, 1.807) is 24.0 Å². The van der Waals surface area contributed by atoms with Crippen LogP contribution in [-0.2, 0) is 9.53 Å². The summed E-state index contributed by atoms with van der Waals surface area (Å²) in [6, 6.07) is 10.7. The van der Waals surface area contributed by atoms with Crippen molar-refractivity contribution in [2.24, 2.45) is 11.8 Å². The lowest BCUT2D eigenvalue weighted by Gasteiger charge is -2.44. The molecule has 2 aromatic carbocycles. The van der Waals surface area contributed by atoms with Gasteiger partial charge in [0.25, 0.3) is 5.91 Å². The number of likely N-dealkylation sites (tertiary alicyclic amines) is 1. The van der Waals surface area contributed by atoms with Gasteiger partial charge in [-0.3, -0.25) is 9.59 Å². The lowest BCUT2D eigenvalue weighted by atomic mass is 9.77. The van der Waals surface area contributed by atoms with Crippen molar-refractivity contribution < 1.29 is 18.7 Å². The van der Waals surface area contributed by atoms with Crippen LogP contribution in [-0.4, -0.2) is 61.6 Å². The normalized spacial score (nSPS) is 25.5. The monoisotopic (exact) mass is 586 g/mol. The summed E-state index contributed by atoms with van der Waals surface area (Å²) in [5, 5.41) is 6.76. The Morgan fingerprint density at radius 3 is 2.56 bits per heavy atom. The van der Waals surface area contributed by atoms with Crippen LogP contribution in [0.4, 0.5) is 15.8 Å². The Labute approximate surface area is 254 Å². The minimum atomic E-state index is -0.520. The molecule has 0 spiro atoms. The van der Waals surface area contributed by atoms with Gasteiger partial charge in [0, 0.05) is 49.2 Å². The number of rotatable bonds is 7. The minimum absolute atomic E-state index is 0.0735. The van der Waals surface area contributed by atoms with E-state index in [9.17, 15) is 9.59 Å². The highest BCUT2D eigenvalue weighted by atomic mass is 19.1. The third-order valence-electron chi connectivity index (χ3n) is 9.52. The van der Waals surface area contributed by atoms with Crippen LogP contribution in [0.25, 0.3) is 0 Å². The van der Waals surface area contributed by atoms with E-state index in [4.69, 9.17) is 4.74 Å². The number of ether oxygens (including phenoxy) is 1. The molecule has 2 N–H and O–H groups in total. The molecule has 3 aliphatic heterocycles. The first-order valence-electron chi connectivity index (χ1n) is 15.8. The number of hydrogen-bond acceptors (Lipinski definition) is 5. The Balaban J connectivity index is 1.27. The highest BCUT2D eigenvalue weighted by molar-refractivity contribution is 5.98. The Bertz CT molecular complexity index is 1390. The number of anilines is 2. The summed E-state index contributed by atoms with van der Waals surface area (Å²) in [5.41, 5.74) is 4.88. The van der Waals surface area contributed by atoms with Gasteiger partial charge in [-0.25, -0.2) is 4.39 Å². The first-order chi connectivity index (χ1) is 20.9. The van der Waals surface area contributed by atoms with E-state index < -0.39 is 17.8 Å². The van der Waals surface area contributed by atoms with Gasteiger partial charge in [0.05, 0.1) is 30.2 Å². The van der Waals surface area contributed by atoms with Crippen molar-refractivity contribution in [2.75, 3.05) is 43.1 Å². The Morgan fingerprint density at radius 1 is 1.00 bits per heavy atom. The van der Waals surface area contributed by atoms with Crippen molar-refractivity contribution in [1.29, 1.82) is 0 Å². The van der Waals surface area contributed by atoms with Gasteiger partial charge >= 0.3 is 0 Å². The molecule has 0 aromatic heterocycles. The highest BCUT2D eigenvalue weighted by Gasteiger charge is 2.43. The molecule has 3 unspecified atom stereocenters. The summed E-state index contributed by atoms with van der Waals surface area (Å²) in [6.45, 7) is 7.89. The van der Waals surface area contributed by atoms with Crippen molar-refractivity contribution in [3.63, 3.8) is 0 Å². The van der Waals surface area contributed by atoms with Crippen LogP contribution >= 0.6 is 0 Å². The van der Waals surface area contributed by atoms with Crippen molar-refractivity contribution in [3.8, 4) is 0 Å². The average Bonchev–Trinajstić information content (AvgIpc) is 3.73. The van der Waals surface area contributed by atoms with Crippen LogP contribution in [0.1, 0.15) is 60.0 Å². The Hall–Kier alpha value is -3.65. The van der Waals surface area contributed by atoms with E-state index in [2.05, 4.69) is 52.8 Å². The second-order valence-corrected chi connectivity index (χ2v) is 12.5. The number of hydrogen-bond donors (Lipinski definition) is 2. The lowest BCUT2D eigenvalue weighted by molar-refractivity contribution is -0.123. The fourth-order valence-corrected chi connectivity index (χ4v) is 7.22. The molecule has 7 nitrogen and oxygen atoms in total. The molecule has 3 fully saturated rings. The Kier molecular flexibility index (Phi) is 8.84. The molecular weight excluding hydrogens is 543 g/mol. The number of aryl methyl sites for hydroxylation is 2. The van der Waals surface area contributed by atoms with Crippen molar-refractivity contribution in [2.45, 2.75) is 64.5 Å². The maximum absolute atomic E-state index is 15.0. The van der Waals surface area contributed by atoms with Crippen molar-refractivity contribution in [3.05, 3.63) is 82.8 Å². The number of carbonyl (C=O) groups excluding carboxylic acids is 2. The van der Waals surface area contributed by atoms with E-state index in [1.807, 2.05) is 6.07 Å². The molecule has 4 aliphatic rings. The van der Waals surface area contributed by atoms with Crippen LogP contribution in [0, 0.1) is 31.5 Å². The summed E-state index contributed by atoms with van der Waals surface area (Å²) >= 11 is 0. The number of nitrogens with zero attached hydrogens (tertiary/aromatic N) is 2. The molecule has 228 valence electrons. The maximum Gasteiger partial charge on any atom is 0.257 e. The van der Waals surface area contributed by atoms with Gasteiger partial charge < -0.3 is 25.2 Å². The number of allylic oxidation sites excluding steroid dienone is 2. The predicted octanol–water partition coefficient (Wildman–Crippen LogP) is 5.74. The van der Waals surface area contributed by atoms with Gasteiger partial charge in [0.15, 0.2) is 0 Å². The molecule has 3 heterocycles. The van der Waals surface area contributed by atoms with Crippen molar-refractivity contribution >= 4 is 23.2 Å². The molecule has 0 radical (unpaired) electrons. The molecule has 1 aliphatic carbocycles. The first kappa shape index (κ1) is 29.4. The van der Waals surface area contributed by atoms with Crippen molar-refractivity contribution in [1.82, 2.24) is 10.2 Å². The molecule has 3 saturated heterocycles. The maximum atomic E-state index is 15.0. The zero-order valence-electron chi connectivity index (χ0n) is 25.3. The molecule has 0 bridgehead atoms. The fourth-order valence-electron chi connectivity index (χ4n) is 7.22. The van der Waals surface area contributed by atoms with Gasteiger partial charge in [0.1, 0.15) is 5.82 Å². The summed E-state index contributed by atoms with van der Waals surface area (Å²) in [7, 11) is 0. The van der Waals surface area contributed by atoms with E-state index >= 15 is 4.39 Å². The molecule has 2 amide bonds. The van der Waals surface area contributed by atoms with Crippen LogP contribution in [0.5, 0.6) is 0 Å². The zero-order chi connectivity index (χ0) is 29.9. The lowest BCUT2D eigenvalue weighted by Crippen LogP contribution is -2.55. The van der Waals surface area contributed by atoms with Crippen LogP contribution in [0.2, 0.25) is 0 Å². The number of carbonyl (C=O) groups is 2. The molecule has 6 rings (SSSR count). The zero-order valence-corrected chi connectivity index (χ0v) is 25.3. The number of benzene rings is 2. The summed E-state index contributed by atoms with van der Waals surface area (Å²) < 4.78 is 20.6. The number of nitrogens with one attached hydrogen (secondary N) is 2. The fraction of sp³-hybridized carbons (Fsp3) is 0.486.